The van der Waals surface area contributed by atoms with Gasteiger partial charge in [-0.2, -0.15) is 0 Å². The van der Waals surface area contributed by atoms with Crippen LogP contribution in [0.1, 0.15) is 46.3 Å². The SMILES string of the molecule is CCCC(=O)SCCNC(=O)CCNC(=O)[C@H](O)C(C)(C)COP(=O)(O)OP(=O)([O-])OC[C@H]1O[C@@H](n2cnc3c(N)ncnc32)[C@H](O)[C@@H]1OP(=O)([O-])O.[Li+].[Li+]. The molecule has 1 aliphatic rings. The van der Waals surface area contributed by atoms with Crippen molar-refractivity contribution in [3.05, 3.63) is 12.7 Å². The van der Waals surface area contributed by atoms with E-state index in [1.807, 2.05) is 6.92 Å². The number of thioether (sulfide) groups is 1. The number of anilines is 1. The van der Waals surface area contributed by atoms with Crippen LogP contribution in [0.2, 0.25) is 0 Å². The molecule has 3 unspecified atom stereocenters. The Morgan fingerprint density at radius 1 is 1.09 bits per heavy atom. The molecular formula is C25H40Li2N7O17P3S. The molecule has 24 nitrogen and oxygen atoms in total. The number of carbonyl (C=O) groups is 3. The topological polar surface area (TPSA) is 369 Å². The molecule has 3 rings (SSSR count). The minimum Gasteiger partial charge on any atom is -0.756 e. The Labute approximate surface area is 342 Å². The third-order valence-electron chi connectivity index (χ3n) is 7.21. The van der Waals surface area contributed by atoms with Gasteiger partial charge in [-0.15, -0.1) is 0 Å². The molecule has 1 saturated heterocycles. The minimum absolute atomic E-state index is 0. The number of aromatic nitrogens is 4. The fourth-order valence-electron chi connectivity index (χ4n) is 4.56. The molecule has 0 radical (unpaired) electrons. The van der Waals surface area contributed by atoms with Crippen molar-refractivity contribution >= 4 is 69.1 Å². The van der Waals surface area contributed by atoms with Crippen molar-refractivity contribution in [2.45, 2.75) is 70.7 Å². The van der Waals surface area contributed by atoms with Gasteiger partial charge in [-0.05, 0) is 6.42 Å². The average Bonchev–Trinajstić information content (AvgIpc) is 3.61. The number of nitrogens with zero attached hydrogens (tertiary/aromatic N) is 4. The fraction of sp³-hybridized carbons (Fsp3) is 0.680. The summed E-state index contributed by atoms with van der Waals surface area (Å²) in [6, 6.07) is 0. The fourth-order valence-corrected chi connectivity index (χ4v) is 8.12. The van der Waals surface area contributed by atoms with Crippen molar-refractivity contribution in [2.24, 2.45) is 5.41 Å². The Morgan fingerprint density at radius 2 is 1.76 bits per heavy atom. The first-order chi connectivity index (χ1) is 24.6. The number of nitrogen functional groups attached to an aromatic ring is 1. The van der Waals surface area contributed by atoms with Gasteiger partial charge in [-0.1, -0.05) is 32.5 Å². The van der Waals surface area contributed by atoms with Crippen LogP contribution in [-0.4, -0.2) is 113 Å². The van der Waals surface area contributed by atoms with Crippen LogP contribution in [0.25, 0.3) is 11.2 Å². The van der Waals surface area contributed by atoms with E-state index in [9.17, 15) is 57.9 Å². The van der Waals surface area contributed by atoms with E-state index in [4.69, 9.17) is 15.0 Å². The van der Waals surface area contributed by atoms with Crippen molar-refractivity contribution in [3.63, 3.8) is 0 Å². The van der Waals surface area contributed by atoms with E-state index in [0.717, 1.165) is 29.0 Å². The monoisotopic (exact) mass is 849 g/mol. The Hall–Kier alpha value is -1.25. The molecule has 0 saturated carbocycles. The molecule has 3 heterocycles. The van der Waals surface area contributed by atoms with E-state index in [1.165, 1.54) is 13.8 Å². The Morgan fingerprint density at radius 3 is 2.40 bits per heavy atom. The maximum Gasteiger partial charge on any atom is 1.00 e. The van der Waals surface area contributed by atoms with E-state index >= 15 is 0 Å². The number of fused-ring (bicyclic) bond motifs is 1. The molecular weight excluding hydrogens is 809 g/mol. The Kier molecular flexibility index (Phi) is 20.9. The zero-order valence-corrected chi connectivity index (χ0v) is 33.9. The number of imidazole rings is 1. The molecule has 1 fully saturated rings. The van der Waals surface area contributed by atoms with Crippen molar-refractivity contribution in [1.29, 1.82) is 0 Å². The van der Waals surface area contributed by atoms with Gasteiger partial charge in [0.25, 0.3) is 15.6 Å². The van der Waals surface area contributed by atoms with Gasteiger partial charge >= 0.3 is 45.5 Å². The first-order valence-electron chi connectivity index (χ1n) is 15.6. The van der Waals surface area contributed by atoms with Gasteiger partial charge in [-0.3, -0.25) is 32.6 Å². The first kappa shape index (κ1) is 51.8. The van der Waals surface area contributed by atoms with Crippen molar-refractivity contribution in [3.8, 4) is 0 Å². The van der Waals surface area contributed by atoms with Gasteiger partial charge in [0.15, 0.2) is 22.8 Å². The van der Waals surface area contributed by atoms with Gasteiger partial charge in [0, 0.05) is 37.1 Å². The zero-order chi connectivity index (χ0) is 39.8. The number of carbonyl (C=O) groups excluding carboxylic acids is 3. The molecule has 1 aliphatic heterocycles. The van der Waals surface area contributed by atoms with Crippen LogP contribution in [0.15, 0.2) is 12.7 Å². The van der Waals surface area contributed by atoms with Gasteiger partial charge in [0.2, 0.25) is 11.8 Å². The molecule has 30 heteroatoms. The quantitative estimate of drug-likeness (QED) is 0.0348. The number of hydrogen-bond donors (Lipinski definition) is 7. The number of nitrogens with two attached hydrogens (primary N) is 1. The summed E-state index contributed by atoms with van der Waals surface area (Å²) < 4.78 is 61.1. The number of nitrogens with one attached hydrogen (secondary N) is 2. The summed E-state index contributed by atoms with van der Waals surface area (Å²) in [5, 5.41) is 26.2. The van der Waals surface area contributed by atoms with Crippen LogP contribution in [-0.2, 0) is 50.7 Å². The summed E-state index contributed by atoms with van der Waals surface area (Å²) in [6.07, 6.45) is -6.09. The van der Waals surface area contributed by atoms with E-state index in [2.05, 4.69) is 38.9 Å². The van der Waals surface area contributed by atoms with Crippen LogP contribution >= 0.6 is 35.2 Å². The average molecular weight is 849 g/mol. The first-order valence-corrected chi connectivity index (χ1v) is 21.0. The number of aliphatic hydroxyl groups excluding tert-OH is 2. The van der Waals surface area contributed by atoms with Crippen LogP contribution in [0.4, 0.5) is 5.82 Å². The minimum atomic E-state index is -5.83. The molecule has 300 valence electrons. The molecule has 8 N–H and O–H groups in total. The van der Waals surface area contributed by atoms with Crippen molar-refractivity contribution < 1.29 is 118 Å². The van der Waals surface area contributed by atoms with Crippen LogP contribution in [0, 0.1) is 5.41 Å². The largest absolute Gasteiger partial charge is 1.00 e. The number of aliphatic hydroxyl groups is 2. The number of phosphoric acid groups is 3. The number of phosphoric ester groups is 3. The second-order valence-electron chi connectivity index (χ2n) is 12.0. The van der Waals surface area contributed by atoms with Crippen molar-refractivity contribution in [1.82, 2.24) is 30.2 Å². The number of hydrogen-bond acceptors (Lipinski definition) is 20. The molecule has 2 aromatic heterocycles. The predicted octanol–water partition coefficient (Wildman–Crippen LogP) is -7.79. The number of ether oxygens (including phenoxy) is 1. The van der Waals surface area contributed by atoms with Gasteiger partial charge in [0.05, 0.1) is 19.5 Å². The Balaban J connectivity index is 0.00000756. The number of rotatable bonds is 21. The van der Waals surface area contributed by atoms with E-state index < -0.39 is 84.6 Å². The molecule has 0 aliphatic carbocycles. The standard InChI is InChI=1S/C25H42N7O17P3S.2Li/c1-4-5-16(34)53-9-8-27-15(33)6-7-28-23(37)20(36)25(2,3)11-46-52(43,44)49-51(41,42)45-10-14-19(48-50(38,39)40)18(35)24(47-14)32-13-31-17-21(26)29-12-30-22(17)32;;/h12-14,18-20,24,35-36H,4-11H2,1-3H3,(H,27,33)(H,28,37)(H,41,42)(H,43,44)(H2,26,29,30)(H2,38,39,40);;/q;2*+1/p-2/t14-,18-,19-,20+,24-;;/m1../s1. The third-order valence-corrected chi connectivity index (χ3v) is 11.2. The smallest absolute Gasteiger partial charge is 0.756 e. The van der Waals surface area contributed by atoms with E-state index in [1.54, 1.807) is 0 Å². The summed E-state index contributed by atoms with van der Waals surface area (Å²) >= 11 is 1.09. The molecule has 0 spiro atoms. The van der Waals surface area contributed by atoms with Crippen LogP contribution in [0.3, 0.4) is 0 Å². The summed E-state index contributed by atoms with van der Waals surface area (Å²) in [4.78, 5) is 91.0. The summed E-state index contributed by atoms with van der Waals surface area (Å²) in [5.74, 6) is -1.10. The summed E-state index contributed by atoms with van der Waals surface area (Å²) in [7, 11) is -17.0. The van der Waals surface area contributed by atoms with Gasteiger partial charge in [-0.25, -0.2) is 23.8 Å². The molecule has 0 aromatic carbocycles. The third kappa shape index (κ3) is 16.1. The van der Waals surface area contributed by atoms with Gasteiger partial charge in [0.1, 0.15) is 36.3 Å². The molecule has 2 aromatic rings. The van der Waals surface area contributed by atoms with Crippen molar-refractivity contribution in [2.75, 3.05) is 37.8 Å². The number of amides is 2. The Bertz CT molecular complexity index is 1760. The molecule has 0 bridgehead atoms. The molecule has 2 amide bonds. The van der Waals surface area contributed by atoms with Gasteiger partial charge < -0.3 is 59.9 Å². The van der Waals surface area contributed by atoms with Crippen LogP contribution in [0.5, 0.6) is 0 Å². The predicted molar refractivity (Wildman–Crippen MR) is 178 cm³/mol. The van der Waals surface area contributed by atoms with E-state index in [0.29, 0.717) is 18.6 Å². The summed E-state index contributed by atoms with van der Waals surface area (Å²) in [6.45, 7) is 2.23. The van der Waals surface area contributed by atoms with Crippen LogP contribution < -0.4 is 63.9 Å². The maximum absolute atomic E-state index is 12.5. The molecule has 55 heavy (non-hydrogen) atoms. The normalized spacial score (nSPS) is 22.3. The zero-order valence-electron chi connectivity index (χ0n) is 30.4. The maximum atomic E-state index is 12.5. The second-order valence-corrected chi connectivity index (χ2v) is 17.3. The van der Waals surface area contributed by atoms with E-state index in [-0.39, 0.29) is 79.3 Å². The summed E-state index contributed by atoms with van der Waals surface area (Å²) in [5.41, 5.74) is 4.17. The second kappa shape index (κ2) is 22.2. The molecule has 8 atom stereocenters.